The Hall–Kier alpha value is -2.74. The Balaban J connectivity index is 0.000000360. The van der Waals surface area contributed by atoms with Gasteiger partial charge in [0.25, 0.3) is 0 Å². The van der Waals surface area contributed by atoms with E-state index in [-0.39, 0.29) is 39.0 Å². The van der Waals surface area contributed by atoms with Crippen LogP contribution in [0.3, 0.4) is 0 Å². The number of hydrazine groups is 2. The van der Waals surface area contributed by atoms with Crippen molar-refractivity contribution < 1.29 is 37.4 Å². The number of alkyl halides is 2. The monoisotopic (exact) mass is 522 g/mol. The number of nitrogens with two attached hydrogens (primary N) is 2. The SMILES string of the molecule is CC(C)(C)OC(=O)N1CC(F)CC(C(=O)NN)C1.CC(C)(C)OC(=O)N1CC(F)CC(C(=O)NN)C1. The second-order valence-electron chi connectivity index (χ2n) is 10.8. The van der Waals surface area contributed by atoms with Gasteiger partial charge in [0.1, 0.15) is 23.5 Å². The average Bonchev–Trinajstić information content (AvgIpc) is 2.75. The van der Waals surface area contributed by atoms with Crippen LogP contribution in [-0.4, -0.2) is 83.5 Å². The number of rotatable bonds is 2. The minimum absolute atomic E-state index is 0.0523. The van der Waals surface area contributed by atoms with Gasteiger partial charge < -0.3 is 19.3 Å². The van der Waals surface area contributed by atoms with Crippen LogP contribution in [0.15, 0.2) is 0 Å². The zero-order chi connectivity index (χ0) is 27.8. The Labute approximate surface area is 210 Å². The summed E-state index contributed by atoms with van der Waals surface area (Å²) in [5.41, 5.74) is 2.66. The van der Waals surface area contributed by atoms with Crippen LogP contribution in [-0.2, 0) is 19.1 Å². The molecule has 6 N–H and O–H groups in total. The summed E-state index contributed by atoms with van der Waals surface area (Å²) in [7, 11) is 0. The number of hydrogen-bond acceptors (Lipinski definition) is 8. The van der Waals surface area contributed by atoms with E-state index < -0.39 is 59.4 Å². The molecule has 36 heavy (non-hydrogen) atoms. The lowest BCUT2D eigenvalue weighted by atomic mass is 9.96. The fourth-order valence-electron chi connectivity index (χ4n) is 3.64. The summed E-state index contributed by atoms with van der Waals surface area (Å²) < 4.78 is 37.3. The molecule has 4 unspecified atom stereocenters. The summed E-state index contributed by atoms with van der Waals surface area (Å²) in [5, 5.41) is 0. The minimum atomic E-state index is -1.24. The molecule has 0 aromatic heterocycles. The lowest BCUT2D eigenvalue weighted by molar-refractivity contribution is -0.128. The maximum Gasteiger partial charge on any atom is 0.410 e. The van der Waals surface area contributed by atoms with Crippen LogP contribution in [0.25, 0.3) is 0 Å². The molecule has 2 saturated heterocycles. The molecule has 4 atom stereocenters. The van der Waals surface area contributed by atoms with Crippen molar-refractivity contribution in [1.29, 1.82) is 0 Å². The number of piperidine rings is 2. The second-order valence-corrected chi connectivity index (χ2v) is 10.8. The Morgan fingerprint density at radius 2 is 1.00 bits per heavy atom. The lowest BCUT2D eigenvalue weighted by Crippen LogP contribution is -2.51. The standard InChI is InChI=1S/2C11H20FN3O3/c2*1-11(2,3)18-10(17)15-5-7(9(16)14-13)4-8(12)6-15/h2*7-8H,4-6,13H2,1-3H3,(H,14,16). The fourth-order valence-corrected chi connectivity index (χ4v) is 3.64. The summed E-state index contributed by atoms with van der Waals surface area (Å²) in [4.78, 5) is 48.8. The molecule has 0 aliphatic carbocycles. The van der Waals surface area contributed by atoms with E-state index in [1.807, 2.05) is 10.9 Å². The maximum absolute atomic E-state index is 13.5. The molecule has 0 saturated carbocycles. The van der Waals surface area contributed by atoms with Crippen LogP contribution >= 0.6 is 0 Å². The number of nitrogens with one attached hydrogen (secondary N) is 2. The Morgan fingerprint density at radius 3 is 1.25 bits per heavy atom. The number of carbonyl (C=O) groups is 4. The van der Waals surface area contributed by atoms with E-state index in [0.717, 1.165) is 0 Å². The Kier molecular flexibility index (Phi) is 11.3. The fraction of sp³-hybridized carbons (Fsp3) is 0.818. The van der Waals surface area contributed by atoms with Gasteiger partial charge in [-0.25, -0.2) is 30.1 Å². The van der Waals surface area contributed by atoms with E-state index in [0.29, 0.717) is 0 Å². The summed E-state index contributed by atoms with van der Waals surface area (Å²) in [6.45, 7) is 10.5. The molecular formula is C22H40F2N6O6. The largest absolute Gasteiger partial charge is 0.444 e. The molecule has 0 aromatic carbocycles. The average molecular weight is 523 g/mol. The smallest absolute Gasteiger partial charge is 0.410 e. The van der Waals surface area contributed by atoms with Gasteiger partial charge in [0.15, 0.2) is 0 Å². The zero-order valence-corrected chi connectivity index (χ0v) is 21.8. The number of halogens is 2. The van der Waals surface area contributed by atoms with E-state index in [1.165, 1.54) is 9.80 Å². The number of amides is 4. The third kappa shape index (κ3) is 10.9. The molecule has 12 nitrogen and oxygen atoms in total. The van der Waals surface area contributed by atoms with E-state index in [2.05, 4.69) is 0 Å². The first kappa shape index (κ1) is 31.3. The summed E-state index contributed by atoms with van der Waals surface area (Å²) in [6, 6.07) is 0. The van der Waals surface area contributed by atoms with Crippen molar-refractivity contribution in [2.45, 2.75) is 77.9 Å². The van der Waals surface area contributed by atoms with Crippen molar-refractivity contribution in [3.05, 3.63) is 0 Å². The van der Waals surface area contributed by atoms with Gasteiger partial charge in [-0.05, 0) is 54.4 Å². The van der Waals surface area contributed by atoms with E-state index in [4.69, 9.17) is 21.2 Å². The molecule has 0 radical (unpaired) electrons. The van der Waals surface area contributed by atoms with Gasteiger partial charge in [-0.3, -0.25) is 20.4 Å². The molecule has 4 amide bonds. The van der Waals surface area contributed by atoms with Crippen LogP contribution in [0.1, 0.15) is 54.4 Å². The molecule has 14 heteroatoms. The first-order chi connectivity index (χ1) is 16.5. The number of likely N-dealkylation sites (tertiary alicyclic amines) is 2. The van der Waals surface area contributed by atoms with Gasteiger partial charge in [0.05, 0.1) is 24.9 Å². The highest BCUT2D eigenvalue weighted by Gasteiger charge is 2.36. The zero-order valence-electron chi connectivity index (χ0n) is 21.8. The first-order valence-corrected chi connectivity index (χ1v) is 11.7. The molecule has 2 aliphatic rings. The van der Waals surface area contributed by atoms with Crippen LogP contribution in [0, 0.1) is 11.8 Å². The summed E-state index contributed by atoms with van der Waals surface area (Å²) >= 11 is 0. The predicted octanol–water partition coefficient (Wildman–Crippen LogP) is 1.14. The van der Waals surface area contributed by atoms with E-state index >= 15 is 0 Å². The second kappa shape index (κ2) is 13.0. The van der Waals surface area contributed by atoms with Gasteiger partial charge >= 0.3 is 12.2 Å². The van der Waals surface area contributed by atoms with Crippen LogP contribution in [0.4, 0.5) is 18.4 Å². The van der Waals surface area contributed by atoms with Crippen LogP contribution in [0.2, 0.25) is 0 Å². The van der Waals surface area contributed by atoms with E-state index in [1.54, 1.807) is 41.5 Å². The summed E-state index contributed by atoms with van der Waals surface area (Å²) in [5.74, 6) is 7.83. The highest BCUT2D eigenvalue weighted by molar-refractivity contribution is 5.80. The highest BCUT2D eigenvalue weighted by Crippen LogP contribution is 2.23. The summed E-state index contributed by atoms with van der Waals surface area (Å²) in [6.07, 6.45) is -3.56. The number of carbonyl (C=O) groups excluding carboxylic acids is 4. The molecule has 2 heterocycles. The number of hydrogen-bond donors (Lipinski definition) is 4. The molecular weight excluding hydrogens is 482 g/mol. The van der Waals surface area contributed by atoms with Gasteiger partial charge in [0.2, 0.25) is 11.8 Å². The van der Waals surface area contributed by atoms with Crippen molar-refractivity contribution >= 4 is 24.0 Å². The molecule has 2 aliphatic heterocycles. The number of ether oxygens (including phenoxy) is 2. The normalized spacial score (nSPS) is 24.6. The van der Waals surface area contributed by atoms with Gasteiger partial charge in [-0.1, -0.05) is 0 Å². The van der Waals surface area contributed by atoms with Crippen molar-refractivity contribution in [3.63, 3.8) is 0 Å². The highest BCUT2D eigenvalue weighted by atomic mass is 19.1. The third-order valence-electron chi connectivity index (χ3n) is 5.13. The quantitative estimate of drug-likeness (QED) is 0.238. The Bertz CT molecular complexity index is 724. The lowest BCUT2D eigenvalue weighted by Gasteiger charge is -2.34. The van der Waals surface area contributed by atoms with Gasteiger partial charge in [-0.15, -0.1) is 0 Å². The van der Waals surface area contributed by atoms with Crippen molar-refractivity contribution in [3.8, 4) is 0 Å². The minimum Gasteiger partial charge on any atom is -0.444 e. The molecule has 0 bridgehead atoms. The molecule has 208 valence electrons. The number of nitrogens with zero attached hydrogens (tertiary/aromatic N) is 2. The third-order valence-corrected chi connectivity index (χ3v) is 5.13. The topological polar surface area (TPSA) is 169 Å². The van der Waals surface area contributed by atoms with Crippen LogP contribution < -0.4 is 22.5 Å². The van der Waals surface area contributed by atoms with Gasteiger partial charge in [-0.2, -0.15) is 0 Å². The predicted molar refractivity (Wildman–Crippen MR) is 126 cm³/mol. The van der Waals surface area contributed by atoms with Crippen molar-refractivity contribution in [1.82, 2.24) is 20.7 Å². The molecule has 0 aromatic rings. The molecule has 2 fully saturated rings. The first-order valence-electron chi connectivity index (χ1n) is 11.7. The van der Waals surface area contributed by atoms with Crippen molar-refractivity contribution in [2.75, 3.05) is 26.2 Å². The van der Waals surface area contributed by atoms with Gasteiger partial charge in [0, 0.05) is 13.1 Å². The maximum atomic E-state index is 13.5. The molecule has 0 spiro atoms. The Morgan fingerprint density at radius 1 is 0.694 bits per heavy atom. The molecule has 2 rings (SSSR count). The van der Waals surface area contributed by atoms with Crippen LogP contribution in [0.5, 0.6) is 0 Å². The van der Waals surface area contributed by atoms with Crippen molar-refractivity contribution in [2.24, 2.45) is 23.5 Å². The van der Waals surface area contributed by atoms with E-state index in [9.17, 15) is 28.0 Å².